The normalized spacial score (nSPS) is 10.7. The smallest absolute Gasteiger partial charge is 0.207 e. The van der Waals surface area contributed by atoms with Gasteiger partial charge in [-0.2, -0.15) is 0 Å². The Hall–Kier alpha value is -2.07. The number of carbonyl (C=O) groups is 1. The molecule has 0 N–H and O–H groups in total. The maximum Gasteiger partial charge on any atom is 0.207 e. The molecule has 3 nitrogen and oxygen atoms in total. The molecule has 1 aromatic carbocycles. The molecule has 4 heteroatoms. The van der Waals surface area contributed by atoms with Crippen molar-refractivity contribution in [2.75, 3.05) is 0 Å². The molecule has 0 saturated carbocycles. The number of hydrogen-bond donors (Lipinski definition) is 0. The van der Waals surface area contributed by atoms with E-state index >= 15 is 0 Å². The van der Waals surface area contributed by atoms with Crippen LogP contribution in [-0.4, -0.2) is 15.8 Å². The molecule has 0 spiro atoms. The quantitative estimate of drug-likeness (QED) is 0.659. The summed E-state index contributed by atoms with van der Waals surface area (Å²) >= 11 is 1.37. The molecule has 0 aliphatic carbocycles. The zero-order chi connectivity index (χ0) is 12.5. The second-order valence-electron chi connectivity index (χ2n) is 3.98. The number of para-hydroxylation sites is 1. The average Bonchev–Trinajstić information content (AvgIpc) is 2.83. The third kappa shape index (κ3) is 1.71. The molecule has 0 fully saturated rings. The van der Waals surface area contributed by atoms with Gasteiger partial charge in [-0.25, -0.2) is 4.98 Å². The summed E-state index contributed by atoms with van der Waals surface area (Å²) in [6.07, 6.45) is 1.71. The Bertz CT molecular complexity index is 728. The maximum absolute atomic E-state index is 12.5. The fourth-order valence-electron chi connectivity index (χ4n) is 1.93. The highest BCUT2D eigenvalue weighted by atomic mass is 32.1. The molecule has 0 saturated heterocycles. The van der Waals surface area contributed by atoms with Crippen LogP contribution in [0.2, 0.25) is 0 Å². The van der Waals surface area contributed by atoms with E-state index < -0.39 is 0 Å². The number of hydrogen-bond acceptors (Lipinski definition) is 4. The van der Waals surface area contributed by atoms with Gasteiger partial charge >= 0.3 is 0 Å². The summed E-state index contributed by atoms with van der Waals surface area (Å²) in [6.45, 7) is 1.85. The van der Waals surface area contributed by atoms with Gasteiger partial charge in [0.15, 0.2) is 0 Å². The van der Waals surface area contributed by atoms with Crippen LogP contribution < -0.4 is 0 Å². The topological polar surface area (TPSA) is 42.9 Å². The number of aromatic nitrogens is 2. The van der Waals surface area contributed by atoms with Gasteiger partial charge in [-0.1, -0.05) is 18.2 Å². The Morgan fingerprint density at radius 1 is 1.17 bits per heavy atom. The molecular weight excluding hydrogens is 244 g/mol. The molecule has 0 aliphatic rings. The number of benzene rings is 1. The molecule has 0 radical (unpaired) electrons. The lowest BCUT2D eigenvalue weighted by Gasteiger charge is -2.03. The van der Waals surface area contributed by atoms with E-state index in [9.17, 15) is 4.79 Å². The van der Waals surface area contributed by atoms with Crippen molar-refractivity contribution in [1.82, 2.24) is 9.97 Å². The summed E-state index contributed by atoms with van der Waals surface area (Å²) in [6, 6.07) is 9.48. The first-order valence-corrected chi connectivity index (χ1v) is 6.44. The number of nitrogens with zero attached hydrogens (tertiary/aromatic N) is 2. The second kappa shape index (κ2) is 4.31. The van der Waals surface area contributed by atoms with Crippen LogP contribution in [0.1, 0.15) is 20.9 Å². The van der Waals surface area contributed by atoms with Crippen LogP contribution in [0.15, 0.2) is 42.0 Å². The Morgan fingerprint density at radius 2 is 2.00 bits per heavy atom. The molecule has 0 unspecified atom stereocenters. The van der Waals surface area contributed by atoms with Crippen LogP contribution >= 0.6 is 11.3 Å². The first-order chi connectivity index (χ1) is 8.77. The number of ketones is 1. The van der Waals surface area contributed by atoms with E-state index in [0.717, 1.165) is 16.6 Å². The number of aryl methyl sites for hydroxylation is 1. The van der Waals surface area contributed by atoms with Crippen molar-refractivity contribution >= 4 is 28.0 Å². The highest BCUT2D eigenvalue weighted by Gasteiger charge is 2.16. The molecular formula is C14H10N2OS. The van der Waals surface area contributed by atoms with Crippen LogP contribution in [0.5, 0.6) is 0 Å². The van der Waals surface area contributed by atoms with Gasteiger partial charge in [-0.15, -0.1) is 11.3 Å². The summed E-state index contributed by atoms with van der Waals surface area (Å²) in [5, 5.41) is 0.977. The molecule has 88 valence electrons. The van der Waals surface area contributed by atoms with Crippen molar-refractivity contribution in [2.24, 2.45) is 0 Å². The molecule has 2 heterocycles. The van der Waals surface area contributed by atoms with Crippen molar-refractivity contribution in [3.8, 4) is 0 Å². The predicted molar refractivity (Wildman–Crippen MR) is 72.0 cm³/mol. The summed E-state index contributed by atoms with van der Waals surface area (Å²) in [7, 11) is 0. The number of fused-ring (bicyclic) bond motifs is 1. The van der Waals surface area contributed by atoms with E-state index in [4.69, 9.17) is 0 Å². The van der Waals surface area contributed by atoms with Gasteiger partial charge in [0.2, 0.25) is 5.78 Å². The first-order valence-electron chi connectivity index (χ1n) is 5.56. The standard InChI is InChI=1S/C14H10N2OS/c1-9-14(18-8-16-9)13(17)11-6-2-4-10-5-3-7-15-12(10)11/h2-8H,1H3. The highest BCUT2D eigenvalue weighted by Crippen LogP contribution is 2.22. The summed E-state index contributed by atoms with van der Waals surface area (Å²) in [5.74, 6) is -0.000648. The predicted octanol–water partition coefficient (Wildman–Crippen LogP) is 3.23. The SMILES string of the molecule is Cc1ncsc1C(=O)c1cccc2cccnc12. The van der Waals surface area contributed by atoms with Crippen molar-refractivity contribution in [1.29, 1.82) is 0 Å². The van der Waals surface area contributed by atoms with Gasteiger partial charge in [0, 0.05) is 17.1 Å². The first kappa shape index (κ1) is 11.0. The Morgan fingerprint density at radius 3 is 2.78 bits per heavy atom. The van der Waals surface area contributed by atoms with Gasteiger partial charge in [-0.05, 0) is 19.1 Å². The van der Waals surface area contributed by atoms with E-state index in [1.165, 1.54) is 11.3 Å². The summed E-state index contributed by atoms with van der Waals surface area (Å²) < 4.78 is 0. The van der Waals surface area contributed by atoms with E-state index in [0.29, 0.717) is 10.4 Å². The molecule has 0 amide bonds. The van der Waals surface area contributed by atoms with Crippen LogP contribution in [0.3, 0.4) is 0 Å². The average molecular weight is 254 g/mol. The van der Waals surface area contributed by atoms with Crippen LogP contribution in [0, 0.1) is 6.92 Å². The lowest BCUT2D eigenvalue weighted by Crippen LogP contribution is -2.02. The van der Waals surface area contributed by atoms with Crippen LogP contribution in [-0.2, 0) is 0 Å². The molecule has 3 rings (SSSR count). The molecule has 0 atom stereocenters. The van der Waals surface area contributed by atoms with Gasteiger partial charge in [0.1, 0.15) is 0 Å². The van der Waals surface area contributed by atoms with Crippen molar-refractivity contribution in [2.45, 2.75) is 6.92 Å². The Kier molecular flexibility index (Phi) is 2.64. The third-order valence-electron chi connectivity index (χ3n) is 2.83. The fourth-order valence-corrected chi connectivity index (χ4v) is 2.69. The maximum atomic E-state index is 12.5. The van der Waals surface area contributed by atoms with Crippen molar-refractivity contribution < 1.29 is 4.79 Å². The second-order valence-corrected chi connectivity index (χ2v) is 4.83. The van der Waals surface area contributed by atoms with E-state index in [1.54, 1.807) is 11.7 Å². The third-order valence-corrected chi connectivity index (χ3v) is 3.76. The minimum atomic E-state index is -0.000648. The van der Waals surface area contributed by atoms with Crippen LogP contribution in [0.4, 0.5) is 0 Å². The number of pyridine rings is 1. The zero-order valence-corrected chi connectivity index (χ0v) is 10.6. The molecule has 2 aromatic heterocycles. The fraction of sp³-hybridized carbons (Fsp3) is 0.0714. The minimum absolute atomic E-state index is 0.000648. The molecule has 18 heavy (non-hydrogen) atoms. The largest absolute Gasteiger partial charge is 0.288 e. The summed E-state index contributed by atoms with van der Waals surface area (Å²) in [5.41, 5.74) is 3.86. The van der Waals surface area contributed by atoms with E-state index in [-0.39, 0.29) is 5.78 Å². The minimum Gasteiger partial charge on any atom is -0.288 e. The monoisotopic (exact) mass is 254 g/mol. The number of carbonyl (C=O) groups excluding carboxylic acids is 1. The Labute approximate surface area is 108 Å². The van der Waals surface area contributed by atoms with Gasteiger partial charge in [-0.3, -0.25) is 9.78 Å². The highest BCUT2D eigenvalue weighted by molar-refractivity contribution is 7.12. The van der Waals surface area contributed by atoms with Crippen molar-refractivity contribution in [3.63, 3.8) is 0 Å². The number of thiazole rings is 1. The van der Waals surface area contributed by atoms with E-state index in [2.05, 4.69) is 9.97 Å². The lowest BCUT2D eigenvalue weighted by molar-refractivity contribution is 0.104. The molecule has 0 bridgehead atoms. The van der Waals surface area contributed by atoms with Gasteiger partial charge in [0.05, 0.1) is 21.6 Å². The zero-order valence-electron chi connectivity index (χ0n) is 9.75. The van der Waals surface area contributed by atoms with Gasteiger partial charge in [0.25, 0.3) is 0 Å². The molecule has 0 aliphatic heterocycles. The lowest BCUT2D eigenvalue weighted by atomic mass is 10.0. The van der Waals surface area contributed by atoms with Crippen molar-refractivity contribution in [3.05, 3.63) is 58.2 Å². The van der Waals surface area contributed by atoms with E-state index in [1.807, 2.05) is 37.3 Å². The number of rotatable bonds is 2. The summed E-state index contributed by atoms with van der Waals surface area (Å²) in [4.78, 5) is 21.6. The molecule has 3 aromatic rings. The van der Waals surface area contributed by atoms with Gasteiger partial charge < -0.3 is 0 Å². The van der Waals surface area contributed by atoms with Crippen LogP contribution in [0.25, 0.3) is 10.9 Å². The Balaban J connectivity index is 2.21.